The number of carbonyl (C=O) groups excluding carboxylic acids is 1. The maximum Gasteiger partial charge on any atom is 0.143 e. The molecule has 3 heteroatoms. The molecule has 4 saturated carbocycles. The van der Waals surface area contributed by atoms with E-state index < -0.39 is 0 Å². The number of hydrogen-bond acceptors (Lipinski definition) is 3. The zero-order valence-corrected chi connectivity index (χ0v) is 18.4. The second-order valence-electron chi connectivity index (χ2n) is 11.1. The van der Waals surface area contributed by atoms with Crippen LogP contribution in [0.15, 0.2) is 0 Å². The number of aliphatic hydroxyl groups is 1. The average molecular weight is 391 g/mol. The fourth-order valence-corrected chi connectivity index (χ4v) is 8.60. The molecule has 160 valence electrons. The first-order valence-corrected chi connectivity index (χ1v) is 12.2. The number of Topliss-reactive ketones (excluding diaryl/α,β-unsaturated/α-hetero) is 1. The van der Waals surface area contributed by atoms with Gasteiger partial charge in [-0.25, -0.2) is 0 Å². The summed E-state index contributed by atoms with van der Waals surface area (Å²) in [6.07, 6.45) is 14.4. The standard InChI is InChI=1S/C25H42O3/c1-4-5-6-23(28-16-26)22-10-9-20-19-8-7-17-15-18(27)11-13-24(17,2)21(19)12-14-25(20,22)3/h17,19-23,26H,4-16H2,1-3H3/t17?,19-,20-,21+,22?,23?,24-,25-/m0/s1. The molecular formula is C25H42O3. The number of rotatable bonds is 6. The summed E-state index contributed by atoms with van der Waals surface area (Å²) in [7, 11) is 0. The number of aliphatic hydroxyl groups excluding tert-OH is 1. The van der Waals surface area contributed by atoms with Crippen molar-refractivity contribution in [1.29, 1.82) is 0 Å². The summed E-state index contributed by atoms with van der Waals surface area (Å²) in [5.74, 6) is 4.26. The Kier molecular flexibility index (Phi) is 5.97. The molecule has 0 bridgehead atoms. The van der Waals surface area contributed by atoms with Crippen LogP contribution in [0, 0.1) is 40.4 Å². The van der Waals surface area contributed by atoms with E-state index in [4.69, 9.17) is 4.74 Å². The molecule has 0 spiro atoms. The lowest BCUT2D eigenvalue weighted by Gasteiger charge is -2.60. The third-order valence-corrected chi connectivity index (χ3v) is 10.1. The Hall–Kier alpha value is -0.410. The lowest BCUT2D eigenvalue weighted by atomic mass is 9.44. The highest BCUT2D eigenvalue weighted by Gasteiger charge is 2.61. The summed E-state index contributed by atoms with van der Waals surface area (Å²) < 4.78 is 5.91. The molecule has 0 aromatic heterocycles. The fourth-order valence-electron chi connectivity index (χ4n) is 8.60. The normalized spacial score (nSPS) is 46.6. The minimum atomic E-state index is -0.133. The molecule has 3 unspecified atom stereocenters. The second kappa shape index (κ2) is 8.02. The van der Waals surface area contributed by atoms with E-state index in [1.807, 2.05) is 0 Å². The minimum Gasteiger partial charge on any atom is -0.371 e. The van der Waals surface area contributed by atoms with Gasteiger partial charge in [-0.05, 0) is 91.8 Å². The van der Waals surface area contributed by atoms with Crippen LogP contribution in [0.5, 0.6) is 0 Å². The minimum absolute atomic E-state index is 0.133. The number of fused-ring (bicyclic) bond motifs is 5. The van der Waals surface area contributed by atoms with Gasteiger partial charge in [0.1, 0.15) is 12.6 Å². The lowest BCUT2D eigenvalue weighted by molar-refractivity contribution is -0.148. The molecule has 0 saturated heterocycles. The first-order valence-electron chi connectivity index (χ1n) is 12.2. The second-order valence-corrected chi connectivity index (χ2v) is 11.1. The third kappa shape index (κ3) is 3.29. The Morgan fingerprint density at radius 2 is 1.86 bits per heavy atom. The van der Waals surface area contributed by atoms with Crippen molar-refractivity contribution in [3.63, 3.8) is 0 Å². The van der Waals surface area contributed by atoms with Crippen molar-refractivity contribution in [1.82, 2.24) is 0 Å². The van der Waals surface area contributed by atoms with Gasteiger partial charge in [-0.15, -0.1) is 0 Å². The van der Waals surface area contributed by atoms with Crippen LogP contribution >= 0.6 is 0 Å². The molecule has 28 heavy (non-hydrogen) atoms. The van der Waals surface area contributed by atoms with Gasteiger partial charge in [-0.3, -0.25) is 4.79 Å². The molecule has 0 amide bonds. The zero-order valence-electron chi connectivity index (χ0n) is 18.4. The summed E-state index contributed by atoms with van der Waals surface area (Å²) in [6.45, 7) is 7.21. The predicted octanol–water partition coefficient (Wildman–Crippen LogP) is 5.74. The van der Waals surface area contributed by atoms with Gasteiger partial charge < -0.3 is 9.84 Å². The van der Waals surface area contributed by atoms with Crippen molar-refractivity contribution in [3.05, 3.63) is 0 Å². The van der Waals surface area contributed by atoms with Crippen molar-refractivity contribution >= 4 is 5.78 Å². The molecule has 4 aliphatic rings. The Morgan fingerprint density at radius 3 is 2.61 bits per heavy atom. The van der Waals surface area contributed by atoms with Gasteiger partial charge in [0.15, 0.2) is 0 Å². The zero-order chi connectivity index (χ0) is 19.9. The first kappa shape index (κ1) is 20.8. The van der Waals surface area contributed by atoms with Crippen molar-refractivity contribution in [2.24, 2.45) is 40.4 Å². The Labute approximate surface area is 172 Å². The van der Waals surface area contributed by atoms with Crippen LogP contribution in [0.25, 0.3) is 0 Å². The van der Waals surface area contributed by atoms with Crippen molar-refractivity contribution in [2.75, 3.05) is 6.79 Å². The van der Waals surface area contributed by atoms with E-state index in [2.05, 4.69) is 20.8 Å². The molecule has 0 aromatic carbocycles. The van der Waals surface area contributed by atoms with E-state index in [9.17, 15) is 9.90 Å². The molecule has 8 atom stereocenters. The van der Waals surface area contributed by atoms with Gasteiger partial charge >= 0.3 is 0 Å². The SMILES string of the molecule is CCCCC(OCO)C1CC[C@H]2[C@@H]3CCC4CC(=O)CC[C@]4(C)[C@@H]3CC[C@]12C. The van der Waals surface area contributed by atoms with Gasteiger partial charge in [0.25, 0.3) is 0 Å². The van der Waals surface area contributed by atoms with Crippen molar-refractivity contribution < 1.29 is 14.6 Å². The Balaban J connectivity index is 1.54. The number of ether oxygens (including phenoxy) is 1. The predicted molar refractivity (Wildman–Crippen MR) is 112 cm³/mol. The first-order chi connectivity index (χ1) is 13.4. The Bertz CT molecular complexity index is 574. The maximum absolute atomic E-state index is 12.1. The Morgan fingerprint density at radius 1 is 1.07 bits per heavy atom. The van der Waals surface area contributed by atoms with Crippen LogP contribution in [0.3, 0.4) is 0 Å². The number of hydrogen-bond donors (Lipinski definition) is 1. The molecule has 1 N–H and O–H groups in total. The van der Waals surface area contributed by atoms with Crippen LogP contribution < -0.4 is 0 Å². The van der Waals surface area contributed by atoms with Crippen LogP contribution in [-0.2, 0) is 9.53 Å². The van der Waals surface area contributed by atoms with Crippen LogP contribution in [0.4, 0.5) is 0 Å². The quantitative estimate of drug-likeness (QED) is 0.588. The molecule has 4 fully saturated rings. The monoisotopic (exact) mass is 390 g/mol. The summed E-state index contributed by atoms with van der Waals surface area (Å²) in [5.41, 5.74) is 0.780. The van der Waals surface area contributed by atoms with Crippen LogP contribution in [0.2, 0.25) is 0 Å². The molecule has 4 aliphatic carbocycles. The van der Waals surface area contributed by atoms with Crippen LogP contribution in [0.1, 0.15) is 97.8 Å². The van der Waals surface area contributed by atoms with E-state index in [0.717, 1.165) is 43.4 Å². The van der Waals surface area contributed by atoms with Crippen molar-refractivity contribution in [3.8, 4) is 0 Å². The summed E-state index contributed by atoms with van der Waals surface area (Å²) in [5, 5.41) is 9.50. The number of carbonyl (C=O) groups is 1. The molecule has 0 aromatic rings. The molecule has 0 aliphatic heterocycles. The van der Waals surface area contributed by atoms with Gasteiger partial charge in [-0.1, -0.05) is 33.6 Å². The van der Waals surface area contributed by atoms with Crippen LogP contribution in [-0.4, -0.2) is 23.8 Å². The number of ketones is 1. The van der Waals surface area contributed by atoms with Gasteiger partial charge in [0.05, 0.1) is 6.10 Å². The summed E-state index contributed by atoms with van der Waals surface area (Å²) in [6, 6.07) is 0. The summed E-state index contributed by atoms with van der Waals surface area (Å²) >= 11 is 0. The molecule has 4 rings (SSSR count). The van der Waals surface area contributed by atoms with E-state index in [1.54, 1.807) is 0 Å². The van der Waals surface area contributed by atoms with E-state index in [1.165, 1.54) is 51.4 Å². The largest absolute Gasteiger partial charge is 0.371 e. The molecule has 0 heterocycles. The smallest absolute Gasteiger partial charge is 0.143 e. The fraction of sp³-hybridized carbons (Fsp3) is 0.960. The number of unbranched alkanes of at least 4 members (excludes halogenated alkanes) is 1. The molecular weight excluding hydrogens is 348 g/mol. The molecule has 3 nitrogen and oxygen atoms in total. The van der Waals surface area contributed by atoms with Gasteiger partial charge in [0.2, 0.25) is 0 Å². The highest BCUT2D eigenvalue weighted by atomic mass is 16.6. The van der Waals surface area contributed by atoms with Crippen molar-refractivity contribution in [2.45, 2.75) is 104 Å². The highest BCUT2D eigenvalue weighted by molar-refractivity contribution is 5.79. The highest BCUT2D eigenvalue weighted by Crippen LogP contribution is 2.67. The third-order valence-electron chi connectivity index (χ3n) is 10.1. The summed E-state index contributed by atoms with van der Waals surface area (Å²) in [4.78, 5) is 12.1. The van der Waals surface area contributed by atoms with Gasteiger partial charge in [-0.2, -0.15) is 0 Å². The maximum atomic E-state index is 12.1. The van der Waals surface area contributed by atoms with Gasteiger partial charge in [0, 0.05) is 12.8 Å². The van der Waals surface area contributed by atoms with E-state index in [0.29, 0.717) is 28.4 Å². The lowest BCUT2D eigenvalue weighted by Crippen LogP contribution is -2.54. The van der Waals surface area contributed by atoms with E-state index >= 15 is 0 Å². The molecule has 0 radical (unpaired) electrons. The topological polar surface area (TPSA) is 46.5 Å². The van der Waals surface area contributed by atoms with E-state index in [-0.39, 0.29) is 12.9 Å². The average Bonchev–Trinajstić information content (AvgIpc) is 3.03.